The first-order chi connectivity index (χ1) is 16.2. The van der Waals surface area contributed by atoms with Gasteiger partial charge in [-0.25, -0.2) is 0 Å². The quantitative estimate of drug-likeness (QED) is 0.332. The molecule has 1 aliphatic heterocycles. The highest BCUT2D eigenvalue weighted by molar-refractivity contribution is 5.95. The Kier molecular flexibility index (Phi) is 8.04. The van der Waals surface area contributed by atoms with E-state index in [0.29, 0.717) is 12.8 Å². The molecule has 4 nitrogen and oxygen atoms in total. The Balaban J connectivity index is 1.27. The van der Waals surface area contributed by atoms with Crippen LogP contribution in [0.1, 0.15) is 53.2 Å². The van der Waals surface area contributed by atoms with E-state index < -0.39 is 0 Å². The molecule has 1 amide bonds. The number of ketones is 1. The van der Waals surface area contributed by atoms with Gasteiger partial charge in [0, 0.05) is 44.6 Å². The maximum absolute atomic E-state index is 12.8. The lowest BCUT2D eigenvalue weighted by atomic mass is 9.96. The average Bonchev–Trinajstić information content (AvgIpc) is 2.89. The minimum Gasteiger partial charge on any atom is -0.340 e. The van der Waals surface area contributed by atoms with Crippen molar-refractivity contribution in [2.24, 2.45) is 0 Å². The van der Waals surface area contributed by atoms with E-state index in [4.69, 9.17) is 0 Å². The molecule has 0 bridgehead atoms. The van der Waals surface area contributed by atoms with Crippen molar-refractivity contribution in [2.75, 3.05) is 26.2 Å². The van der Waals surface area contributed by atoms with Crippen LogP contribution in [-0.4, -0.2) is 47.7 Å². The van der Waals surface area contributed by atoms with Crippen molar-refractivity contribution < 1.29 is 9.59 Å². The van der Waals surface area contributed by atoms with Crippen LogP contribution in [0.3, 0.4) is 0 Å². The van der Waals surface area contributed by atoms with Gasteiger partial charge in [0.15, 0.2) is 5.78 Å². The largest absolute Gasteiger partial charge is 0.340 e. The van der Waals surface area contributed by atoms with Crippen molar-refractivity contribution in [2.45, 2.75) is 31.7 Å². The Morgan fingerprint density at radius 2 is 1.12 bits per heavy atom. The van der Waals surface area contributed by atoms with Crippen LogP contribution >= 0.6 is 0 Å². The molecule has 33 heavy (non-hydrogen) atoms. The molecule has 0 aliphatic carbocycles. The summed E-state index contributed by atoms with van der Waals surface area (Å²) in [6.07, 6.45) is 2.53. The molecule has 0 aromatic heterocycles. The number of rotatable bonds is 9. The minimum absolute atomic E-state index is 0.157. The van der Waals surface area contributed by atoms with Crippen LogP contribution in [0.4, 0.5) is 0 Å². The average molecular weight is 441 g/mol. The summed E-state index contributed by atoms with van der Waals surface area (Å²) in [5, 5.41) is 0. The van der Waals surface area contributed by atoms with Gasteiger partial charge in [0.05, 0.1) is 6.04 Å². The number of Topliss-reactive ketones (excluding diaryl/α,β-unsaturated/α-hetero) is 1. The van der Waals surface area contributed by atoms with Crippen LogP contribution < -0.4 is 0 Å². The number of benzene rings is 3. The maximum atomic E-state index is 12.8. The number of amides is 1. The molecule has 170 valence electrons. The molecule has 3 aromatic rings. The lowest BCUT2D eigenvalue weighted by Crippen LogP contribution is -2.49. The van der Waals surface area contributed by atoms with Crippen LogP contribution in [0.5, 0.6) is 0 Å². The highest BCUT2D eigenvalue weighted by Crippen LogP contribution is 2.29. The predicted octanol–water partition coefficient (Wildman–Crippen LogP) is 5.36. The summed E-state index contributed by atoms with van der Waals surface area (Å²) in [4.78, 5) is 29.4. The topological polar surface area (TPSA) is 40.6 Å². The molecule has 0 radical (unpaired) electrons. The van der Waals surface area contributed by atoms with Gasteiger partial charge in [-0.1, -0.05) is 91.0 Å². The Morgan fingerprint density at radius 1 is 0.636 bits per heavy atom. The van der Waals surface area contributed by atoms with Gasteiger partial charge in [0.1, 0.15) is 0 Å². The van der Waals surface area contributed by atoms with Crippen LogP contribution in [0, 0.1) is 0 Å². The normalized spacial score (nSPS) is 14.4. The smallest absolute Gasteiger partial charge is 0.222 e. The number of unbranched alkanes of at least 4 members (excludes halogenated alkanes) is 1. The first-order valence-corrected chi connectivity index (χ1v) is 11.9. The minimum atomic E-state index is 0.157. The van der Waals surface area contributed by atoms with Gasteiger partial charge in [0.2, 0.25) is 5.91 Å². The van der Waals surface area contributed by atoms with Gasteiger partial charge >= 0.3 is 0 Å². The molecule has 4 heteroatoms. The molecule has 0 spiro atoms. The fourth-order valence-electron chi connectivity index (χ4n) is 4.60. The molecule has 0 N–H and O–H groups in total. The van der Waals surface area contributed by atoms with Crippen molar-refractivity contribution in [3.63, 3.8) is 0 Å². The summed E-state index contributed by atoms with van der Waals surface area (Å²) in [5.74, 6) is 0.363. The van der Waals surface area contributed by atoms with Gasteiger partial charge in [-0.15, -0.1) is 0 Å². The third-order valence-electron chi connectivity index (χ3n) is 6.40. The number of hydrogen-bond acceptors (Lipinski definition) is 3. The fraction of sp³-hybridized carbons (Fsp3) is 0.310. The predicted molar refractivity (Wildman–Crippen MR) is 132 cm³/mol. The molecular weight excluding hydrogens is 408 g/mol. The SMILES string of the molecule is O=C(CCCCC(=O)N1CCN(C(c2ccccc2)c2ccccc2)CC1)c1ccccc1. The van der Waals surface area contributed by atoms with Gasteiger partial charge in [-0.2, -0.15) is 0 Å². The van der Waals surface area contributed by atoms with Crippen LogP contribution in [-0.2, 0) is 4.79 Å². The summed E-state index contributed by atoms with van der Waals surface area (Å²) in [7, 11) is 0. The summed E-state index contributed by atoms with van der Waals surface area (Å²) < 4.78 is 0. The summed E-state index contributed by atoms with van der Waals surface area (Å²) in [6, 6.07) is 30.8. The summed E-state index contributed by atoms with van der Waals surface area (Å²) >= 11 is 0. The van der Waals surface area contributed by atoms with Gasteiger partial charge in [-0.3, -0.25) is 14.5 Å². The number of piperazine rings is 1. The Labute approximate surface area is 196 Å². The van der Waals surface area contributed by atoms with E-state index in [2.05, 4.69) is 65.6 Å². The van der Waals surface area contributed by atoms with E-state index in [-0.39, 0.29) is 17.7 Å². The van der Waals surface area contributed by atoms with E-state index in [0.717, 1.165) is 44.6 Å². The van der Waals surface area contributed by atoms with E-state index >= 15 is 0 Å². The maximum Gasteiger partial charge on any atom is 0.222 e. The monoisotopic (exact) mass is 440 g/mol. The number of nitrogens with zero attached hydrogens (tertiary/aromatic N) is 2. The zero-order valence-corrected chi connectivity index (χ0v) is 19.1. The number of hydrogen-bond donors (Lipinski definition) is 0. The molecule has 1 aliphatic rings. The van der Waals surface area contributed by atoms with Crippen molar-refractivity contribution in [1.29, 1.82) is 0 Å². The van der Waals surface area contributed by atoms with Gasteiger partial charge in [-0.05, 0) is 24.0 Å². The van der Waals surface area contributed by atoms with Crippen molar-refractivity contribution in [1.82, 2.24) is 9.80 Å². The second-order valence-electron chi connectivity index (χ2n) is 8.64. The first-order valence-electron chi connectivity index (χ1n) is 11.9. The molecular formula is C29H32N2O2. The van der Waals surface area contributed by atoms with E-state index in [1.165, 1.54) is 11.1 Å². The van der Waals surface area contributed by atoms with Crippen molar-refractivity contribution >= 4 is 11.7 Å². The van der Waals surface area contributed by atoms with Crippen molar-refractivity contribution in [3.8, 4) is 0 Å². The van der Waals surface area contributed by atoms with Crippen molar-refractivity contribution in [3.05, 3.63) is 108 Å². The highest BCUT2D eigenvalue weighted by Gasteiger charge is 2.27. The van der Waals surface area contributed by atoms with Crippen LogP contribution in [0.15, 0.2) is 91.0 Å². The Morgan fingerprint density at radius 3 is 1.67 bits per heavy atom. The zero-order valence-electron chi connectivity index (χ0n) is 19.1. The fourth-order valence-corrected chi connectivity index (χ4v) is 4.60. The van der Waals surface area contributed by atoms with E-state index in [1.54, 1.807) is 0 Å². The second-order valence-corrected chi connectivity index (χ2v) is 8.64. The molecule has 0 atom stereocenters. The highest BCUT2D eigenvalue weighted by atomic mass is 16.2. The second kappa shape index (κ2) is 11.6. The third kappa shape index (κ3) is 6.17. The molecule has 4 rings (SSSR count). The van der Waals surface area contributed by atoms with Crippen LogP contribution in [0.2, 0.25) is 0 Å². The first kappa shape index (κ1) is 22.9. The Bertz CT molecular complexity index is 974. The lowest BCUT2D eigenvalue weighted by Gasteiger charge is -2.40. The summed E-state index contributed by atoms with van der Waals surface area (Å²) in [6.45, 7) is 3.20. The van der Waals surface area contributed by atoms with E-state index in [9.17, 15) is 9.59 Å². The van der Waals surface area contributed by atoms with Gasteiger partial charge < -0.3 is 4.90 Å². The third-order valence-corrected chi connectivity index (χ3v) is 6.40. The standard InChI is InChI=1S/C29H32N2O2/c32-27(24-12-4-1-5-13-24)18-10-11-19-28(33)30-20-22-31(23-21-30)29(25-14-6-2-7-15-25)26-16-8-3-9-17-26/h1-9,12-17,29H,10-11,18-23H2. The molecule has 1 saturated heterocycles. The lowest BCUT2D eigenvalue weighted by molar-refractivity contribution is -0.133. The molecule has 0 unspecified atom stereocenters. The zero-order chi connectivity index (χ0) is 22.9. The van der Waals surface area contributed by atoms with Crippen LogP contribution in [0.25, 0.3) is 0 Å². The summed E-state index contributed by atoms with van der Waals surface area (Å²) in [5.41, 5.74) is 3.32. The molecule has 1 heterocycles. The molecule has 1 fully saturated rings. The van der Waals surface area contributed by atoms with E-state index in [1.807, 2.05) is 35.2 Å². The number of carbonyl (C=O) groups is 2. The molecule has 0 saturated carbocycles. The number of carbonyl (C=O) groups excluding carboxylic acids is 2. The van der Waals surface area contributed by atoms with Gasteiger partial charge in [0.25, 0.3) is 0 Å². The molecule has 3 aromatic carbocycles. The Hall–Kier alpha value is -3.24.